The van der Waals surface area contributed by atoms with Crippen molar-refractivity contribution in [2.45, 2.75) is 220 Å². The molecule has 4 nitrogen and oxygen atoms in total. The van der Waals surface area contributed by atoms with Crippen LogP contribution in [0, 0.1) is 0 Å². The molecule has 0 bridgehead atoms. The Morgan fingerprint density at radius 1 is 0.375 bits per heavy atom. The van der Waals surface area contributed by atoms with Crippen LogP contribution in [0.5, 0.6) is 11.5 Å². The first-order valence-corrected chi connectivity index (χ1v) is 21.5. The molecule has 0 fully saturated rings. The van der Waals surface area contributed by atoms with E-state index in [0.717, 1.165) is 25.9 Å². The summed E-state index contributed by atoms with van der Waals surface area (Å²) in [5.41, 5.74) is 5.79. The van der Waals surface area contributed by atoms with Gasteiger partial charge in [-0.1, -0.05) is 181 Å². The number of nitrogens with zero attached hydrogens (tertiary/aromatic N) is 2. The van der Waals surface area contributed by atoms with E-state index >= 15 is 0 Å². The largest absolute Gasteiger partial charge is 0.477 e. The molecule has 2 aliphatic heterocycles. The number of fused-ring (bicyclic) bond motifs is 2. The summed E-state index contributed by atoms with van der Waals surface area (Å²) in [7, 11) is 4.39. The number of hydrogen-bond acceptors (Lipinski definition) is 4. The molecule has 0 aliphatic carbocycles. The van der Waals surface area contributed by atoms with Gasteiger partial charge in [-0.05, 0) is 39.8 Å². The van der Waals surface area contributed by atoms with Crippen LogP contribution in [0.15, 0.2) is 0 Å². The quantitative estimate of drug-likeness (QED) is 0.0762. The van der Waals surface area contributed by atoms with Crippen molar-refractivity contribution in [3.8, 4) is 11.5 Å². The average molecular weight is 669 g/mol. The predicted octanol–water partition coefficient (Wildman–Crippen LogP) is 13.3. The average Bonchev–Trinajstić information content (AvgIpc) is 3.09. The maximum absolute atomic E-state index is 6.55. The Bertz CT molecular complexity index is 871. The van der Waals surface area contributed by atoms with Crippen LogP contribution in [0.25, 0.3) is 0 Å². The fraction of sp³-hybridized carbons (Fsp3) is 0.864. The van der Waals surface area contributed by atoms with Gasteiger partial charge in [-0.3, -0.25) is 9.80 Å². The Morgan fingerprint density at radius 3 is 0.896 bits per heavy atom. The van der Waals surface area contributed by atoms with Crippen LogP contribution < -0.4 is 9.47 Å². The monoisotopic (exact) mass is 669 g/mol. The van der Waals surface area contributed by atoms with Gasteiger partial charge in [0.05, 0.1) is 0 Å². The Hall–Kier alpha value is -1.26. The number of benzene rings is 1. The third kappa shape index (κ3) is 16.2. The molecule has 1 aromatic rings. The summed E-state index contributed by atoms with van der Waals surface area (Å²) in [5.74, 6) is 2.45. The maximum Gasteiger partial charge on any atom is 0.142 e. The molecule has 48 heavy (non-hydrogen) atoms. The van der Waals surface area contributed by atoms with Crippen LogP contribution >= 0.6 is 0 Å². The van der Waals surface area contributed by atoms with E-state index in [9.17, 15) is 0 Å². The minimum Gasteiger partial charge on any atom is -0.477 e. The van der Waals surface area contributed by atoms with Gasteiger partial charge in [-0.2, -0.15) is 0 Å². The predicted molar refractivity (Wildman–Crippen MR) is 208 cm³/mol. The first-order valence-electron chi connectivity index (χ1n) is 21.5. The Balaban J connectivity index is 1.39. The lowest BCUT2D eigenvalue weighted by Crippen LogP contribution is -2.34. The second-order valence-electron chi connectivity index (χ2n) is 15.8. The van der Waals surface area contributed by atoms with Crippen molar-refractivity contribution in [2.75, 3.05) is 27.6 Å². The van der Waals surface area contributed by atoms with Gasteiger partial charge in [0.15, 0.2) is 0 Å². The normalized spacial score (nSPS) is 14.9. The molecule has 0 atom stereocenters. The van der Waals surface area contributed by atoms with Gasteiger partial charge in [0, 0.05) is 35.3 Å². The SMILES string of the molecule is CCCCCCCCCCCCCCCCc1c2c(c(CCCCCCCCCCCCCCCC)c3c1OCN(C)C3)OCN(C)C2. The zero-order valence-corrected chi connectivity index (χ0v) is 32.8. The first-order chi connectivity index (χ1) is 23.7. The molecule has 3 rings (SSSR count). The molecule has 278 valence electrons. The highest BCUT2D eigenvalue weighted by molar-refractivity contribution is 5.60. The molecule has 4 heteroatoms. The fourth-order valence-corrected chi connectivity index (χ4v) is 8.10. The molecule has 2 aliphatic rings. The summed E-state index contributed by atoms with van der Waals surface area (Å²) in [6, 6.07) is 0. The molecule has 0 radical (unpaired) electrons. The van der Waals surface area contributed by atoms with Gasteiger partial charge in [0.2, 0.25) is 0 Å². The van der Waals surface area contributed by atoms with E-state index in [4.69, 9.17) is 9.47 Å². The third-order valence-corrected chi connectivity index (χ3v) is 11.1. The second kappa shape index (κ2) is 26.5. The van der Waals surface area contributed by atoms with E-state index in [1.165, 1.54) is 214 Å². The van der Waals surface area contributed by atoms with Crippen LogP contribution in [-0.4, -0.2) is 37.4 Å². The summed E-state index contributed by atoms with van der Waals surface area (Å²) in [6.45, 7) is 7.99. The lowest BCUT2D eigenvalue weighted by atomic mass is 9.88. The van der Waals surface area contributed by atoms with Gasteiger partial charge in [-0.25, -0.2) is 0 Å². The molecule has 2 heterocycles. The zero-order valence-electron chi connectivity index (χ0n) is 32.8. The molecule has 0 unspecified atom stereocenters. The number of ether oxygens (including phenoxy) is 2. The van der Waals surface area contributed by atoms with Crippen molar-refractivity contribution < 1.29 is 9.47 Å². The summed E-state index contributed by atoms with van der Waals surface area (Å²) in [6.07, 6.45) is 41.6. The van der Waals surface area contributed by atoms with E-state index in [1.807, 2.05) is 0 Å². The van der Waals surface area contributed by atoms with Crippen molar-refractivity contribution in [3.05, 3.63) is 22.3 Å². The van der Waals surface area contributed by atoms with Gasteiger partial charge in [0.1, 0.15) is 25.0 Å². The smallest absolute Gasteiger partial charge is 0.142 e. The highest BCUT2D eigenvalue weighted by Crippen LogP contribution is 2.44. The maximum atomic E-state index is 6.55. The topological polar surface area (TPSA) is 24.9 Å². The number of rotatable bonds is 30. The molecule has 0 aromatic heterocycles. The minimum absolute atomic E-state index is 0.701. The van der Waals surface area contributed by atoms with Crippen molar-refractivity contribution >= 4 is 0 Å². The third-order valence-electron chi connectivity index (χ3n) is 11.1. The molecule has 0 N–H and O–H groups in total. The minimum atomic E-state index is 0.701. The zero-order chi connectivity index (χ0) is 34.1. The van der Waals surface area contributed by atoms with Crippen LogP contribution in [-0.2, 0) is 25.9 Å². The van der Waals surface area contributed by atoms with Crippen molar-refractivity contribution in [3.63, 3.8) is 0 Å². The Kier molecular flexibility index (Phi) is 22.8. The summed E-state index contributed by atoms with van der Waals surface area (Å²) in [5, 5.41) is 0. The molecule has 1 aromatic carbocycles. The van der Waals surface area contributed by atoms with Gasteiger partial charge in [0.25, 0.3) is 0 Å². The first kappa shape index (κ1) is 41.2. The van der Waals surface area contributed by atoms with Crippen LogP contribution in [0.3, 0.4) is 0 Å². The van der Waals surface area contributed by atoms with Crippen molar-refractivity contribution in [1.82, 2.24) is 9.80 Å². The highest BCUT2D eigenvalue weighted by Gasteiger charge is 2.31. The standard InChI is InChI=1S/C44H80N2O2/c1-5-7-9-11-13-15-17-19-21-23-25-27-29-31-33-39-41-35-45(3)38-48-44(41)40(42-36-46(4)37-47-43(39)42)34-32-30-28-26-24-22-20-18-16-14-12-10-8-6-2/h5-38H2,1-4H3. The van der Waals surface area contributed by atoms with Crippen LogP contribution in [0.2, 0.25) is 0 Å². The van der Waals surface area contributed by atoms with Gasteiger partial charge in [-0.15, -0.1) is 0 Å². The Labute approximate surface area is 299 Å². The number of hydrogen-bond donors (Lipinski definition) is 0. The fourth-order valence-electron chi connectivity index (χ4n) is 8.10. The van der Waals surface area contributed by atoms with Crippen molar-refractivity contribution in [2.24, 2.45) is 0 Å². The van der Waals surface area contributed by atoms with E-state index < -0.39 is 0 Å². The summed E-state index contributed by atoms with van der Waals surface area (Å²) in [4.78, 5) is 4.66. The second-order valence-corrected chi connectivity index (χ2v) is 15.8. The van der Waals surface area contributed by atoms with Crippen LogP contribution in [0.4, 0.5) is 0 Å². The van der Waals surface area contributed by atoms with E-state index in [2.05, 4.69) is 37.7 Å². The van der Waals surface area contributed by atoms with Gasteiger partial charge >= 0.3 is 0 Å². The molecule has 0 spiro atoms. The van der Waals surface area contributed by atoms with E-state index in [1.54, 1.807) is 0 Å². The van der Waals surface area contributed by atoms with Crippen LogP contribution in [0.1, 0.15) is 216 Å². The highest BCUT2D eigenvalue weighted by atomic mass is 16.5. The molecule has 0 saturated heterocycles. The molecular formula is C44H80N2O2. The lowest BCUT2D eigenvalue weighted by Gasteiger charge is -2.36. The number of unbranched alkanes of at least 4 members (excludes halogenated alkanes) is 26. The van der Waals surface area contributed by atoms with Gasteiger partial charge < -0.3 is 9.47 Å². The molecule has 0 saturated carbocycles. The summed E-state index contributed by atoms with van der Waals surface area (Å²) < 4.78 is 13.1. The molecular weight excluding hydrogens is 588 g/mol. The van der Waals surface area contributed by atoms with E-state index in [0.29, 0.717) is 13.5 Å². The molecule has 0 amide bonds. The van der Waals surface area contributed by atoms with E-state index in [-0.39, 0.29) is 0 Å². The lowest BCUT2D eigenvalue weighted by molar-refractivity contribution is 0.106. The van der Waals surface area contributed by atoms with Crippen molar-refractivity contribution in [1.29, 1.82) is 0 Å². The summed E-state index contributed by atoms with van der Waals surface area (Å²) >= 11 is 0. The Morgan fingerprint density at radius 2 is 0.625 bits per heavy atom.